The fourth-order valence-electron chi connectivity index (χ4n) is 2.53. The molecule has 0 saturated carbocycles. The van der Waals surface area contributed by atoms with Gasteiger partial charge in [-0.05, 0) is 46.3 Å². The van der Waals surface area contributed by atoms with Crippen LogP contribution in [0.5, 0.6) is 11.5 Å². The number of carbonyl (C=O) groups is 3. The molecule has 29 heavy (non-hydrogen) atoms. The first-order valence-corrected chi connectivity index (χ1v) is 9.39. The number of nitrogens with zero attached hydrogens (tertiary/aromatic N) is 1. The van der Waals surface area contributed by atoms with E-state index in [1.807, 2.05) is 0 Å². The Labute approximate surface area is 176 Å². The number of carbonyl (C=O) groups excluding carboxylic acids is 3. The number of hydrogen-bond donors (Lipinski definition) is 1. The molecule has 0 aliphatic heterocycles. The standard InChI is InChI=1S/C20H21BrN2O6/c1-27-17-6-4-3-5-15(17)23(10-9-18(22)24)19(25)12-29-16-8-7-13(11-14(16)21)20(26)28-2/h3-8,11H,9-10,12H2,1-2H3,(H2,22,24). The maximum Gasteiger partial charge on any atom is 0.337 e. The third kappa shape index (κ3) is 5.95. The maximum absolute atomic E-state index is 12.8. The van der Waals surface area contributed by atoms with Crippen molar-refractivity contribution in [2.24, 2.45) is 5.73 Å². The normalized spacial score (nSPS) is 10.2. The number of nitrogens with two attached hydrogens (primary N) is 1. The van der Waals surface area contributed by atoms with E-state index < -0.39 is 11.9 Å². The van der Waals surface area contributed by atoms with Gasteiger partial charge in [0.2, 0.25) is 5.91 Å². The van der Waals surface area contributed by atoms with Crippen molar-refractivity contribution >= 4 is 39.4 Å². The lowest BCUT2D eigenvalue weighted by atomic mass is 10.2. The van der Waals surface area contributed by atoms with E-state index in [2.05, 4.69) is 20.7 Å². The van der Waals surface area contributed by atoms with Crippen LogP contribution in [0, 0.1) is 0 Å². The number of esters is 1. The summed E-state index contributed by atoms with van der Waals surface area (Å²) < 4.78 is 16.1. The summed E-state index contributed by atoms with van der Waals surface area (Å²) in [7, 11) is 2.78. The maximum atomic E-state index is 12.8. The highest BCUT2D eigenvalue weighted by Crippen LogP contribution is 2.29. The molecule has 154 valence electrons. The van der Waals surface area contributed by atoms with Crippen molar-refractivity contribution in [3.8, 4) is 11.5 Å². The second-order valence-corrected chi connectivity index (χ2v) is 6.71. The molecule has 0 spiro atoms. The van der Waals surface area contributed by atoms with Crippen LogP contribution in [0.3, 0.4) is 0 Å². The largest absolute Gasteiger partial charge is 0.495 e. The highest BCUT2D eigenvalue weighted by molar-refractivity contribution is 9.10. The van der Waals surface area contributed by atoms with Crippen LogP contribution in [0.15, 0.2) is 46.9 Å². The minimum absolute atomic E-state index is 0.0126. The van der Waals surface area contributed by atoms with Gasteiger partial charge in [0.15, 0.2) is 6.61 Å². The summed E-state index contributed by atoms with van der Waals surface area (Å²) in [6.45, 7) is -0.215. The molecule has 8 nitrogen and oxygen atoms in total. The van der Waals surface area contributed by atoms with Crippen molar-refractivity contribution < 1.29 is 28.6 Å². The van der Waals surface area contributed by atoms with Crippen LogP contribution in [-0.2, 0) is 14.3 Å². The third-order valence-electron chi connectivity index (χ3n) is 3.96. The molecular formula is C20H21BrN2O6. The summed E-state index contributed by atoms with van der Waals surface area (Å²) in [5.41, 5.74) is 6.09. The van der Waals surface area contributed by atoms with E-state index in [9.17, 15) is 14.4 Å². The zero-order chi connectivity index (χ0) is 21.4. The van der Waals surface area contributed by atoms with Crippen molar-refractivity contribution in [1.29, 1.82) is 0 Å². The van der Waals surface area contributed by atoms with E-state index in [1.54, 1.807) is 30.3 Å². The lowest BCUT2D eigenvalue weighted by Crippen LogP contribution is -2.37. The Bertz CT molecular complexity index is 902. The Morgan fingerprint density at radius 3 is 2.41 bits per heavy atom. The van der Waals surface area contributed by atoms with Gasteiger partial charge in [0.1, 0.15) is 11.5 Å². The summed E-state index contributed by atoms with van der Waals surface area (Å²) in [6, 6.07) is 11.6. The molecule has 0 atom stereocenters. The Balaban J connectivity index is 2.17. The fraction of sp³-hybridized carbons (Fsp3) is 0.250. The predicted molar refractivity (Wildman–Crippen MR) is 110 cm³/mol. The highest BCUT2D eigenvalue weighted by Gasteiger charge is 2.21. The minimum atomic E-state index is -0.528. The van der Waals surface area contributed by atoms with Crippen LogP contribution in [0.2, 0.25) is 0 Å². The molecule has 0 fully saturated rings. The zero-order valence-corrected chi connectivity index (χ0v) is 17.6. The first-order valence-electron chi connectivity index (χ1n) is 8.59. The Kier molecular flexibility index (Phi) is 8.02. The first-order chi connectivity index (χ1) is 13.9. The zero-order valence-electron chi connectivity index (χ0n) is 16.0. The summed E-state index contributed by atoms with van der Waals surface area (Å²) in [5.74, 6) is -0.545. The number of amides is 2. The molecule has 9 heteroatoms. The Morgan fingerprint density at radius 2 is 1.79 bits per heavy atom. The molecule has 0 unspecified atom stereocenters. The molecule has 0 radical (unpaired) electrons. The Morgan fingerprint density at radius 1 is 1.07 bits per heavy atom. The van der Waals surface area contributed by atoms with Crippen LogP contribution in [0.1, 0.15) is 16.8 Å². The van der Waals surface area contributed by atoms with Gasteiger partial charge in [0, 0.05) is 13.0 Å². The number of methoxy groups -OCH3 is 2. The van der Waals surface area contributed by atoms with Gasteiger partial charge >= 0.3 is 5.97 Å². The monoisotopic (exact) mass is 464 g/mol. The molecule has 2 aromatic rings. The lowest BCUT2D eigenvalue weighted by molar-refractivity contribution is -0.120. The molecule has 2 N–H and O–H groups in total. The fourth-order valence-corrected chi connectivity index (χ4v) is 3.03. The summed E-state index contributed by atoms with van der Waals surface area (Å²) in [6.07, 6.45) is -0.0126. The number of primary amides is 1. The smallest absolute Gasteiger partial charge is 0.337 e. The Hall–Kier alpha value is -3.07. The molecule has 2 aromatic carbocycles. The highest BCUT2D eigenvalue weighted by atomic mass is 79.9. The van der Waals surface area contributed by atoms with Crippen molar-refractivity contribution in [3.05, 3.63) is 52.5 Å². The van der Waals surface area contributed by atoms with Crippen molar-refractivity contribution in [3.63, 3.8) is 0 Å². The van der Waals surface area contributed by atoms with Gasteiger partial charge in [-0.2, -0.15) is 0 Å². The lowest BCUT2D eigenvalue weighted by Gasteiger charge is -2.24. The average Bonchev–Trinajstić information content (AvgIpc) is 2.72. The second kappa shape index (κ2) is 10.5. The minimum Gasteiger partial charge on any atom is -0.495 e. The number of ether oxygens (including phenoxy) is 3. The number of anilines is 1. The van der Waals surface area contributed by atoms with Crippen molar-refractivity contribution in [2.75, 3.05) is 32.3 Å². The molecule has 0 bridgehead atoms. The first kappa shape index (κ1) is 22.2. The molecule has 0 aliphatic carbocycles. The topological polar surface area (TPSA) is 108 Å². The molecule has 2 rings (SSSR count). The van der Waals surface area contributed by atoms with Gasteiger partial charge < -0.3 is 24.8 Å². The van der Waals surface area contributed by atoms with E-state index in [-0.39, 0.29) is 25.5 Å². The number of para-hydroxylation sites is 2. The van der Waals surface area contributed by atoms with Gasteiger partial charge in [0.05, 0.1) is 29.9 Å². The van der Waals surface area contributed by atoms with Crippen molar-refractivity contribution in [2.45, 2.75) is 6.42 Å². The van der Waals surface area contributed by atoms with Crippen LogP contribution < -0.4 is 20.1 Å². The van der Waals surface area contributed by atoms with Crippen LogP contribution in [0.25, 0.3) is 0 Å². The summed E-state index contributed by atoms with van der Waals surface area (Å²) >= 11 is 3.31. The van der Waals surface area contributed by atoms with Gasteiger partial charge in [0.25, 0.3) is 5.91 Å². The van der Waals surface area contributed by atoms with Gasteiger partial charge in [-0.25, -0.2) is 4.79 Å². The number of benzene rings is 2. The van der Waals surface area contributed by atoms with Crippen LogP contribution >= 0.6 is 15.9 Å². The van der Waals surface area contributed by atoms with E-state index >= 15 is 0 Å². The third-order valence-corrected chi connectivity index (χ3v) is 4.58. The quantitative estimate of drug-likeness (QED) is 0.571. The van der Waals surface area contributed by atoms with Gasteiger partial charge in [-0.15, -0.1) is 0 Å². The van der Waals surface area contributed by atoms with E-state index in [4.69, 9.17) is 15.2 Å². The average molecular weight is 465 g/mol. The van der Waals surface area contributed by atoms with Crippen LogP contribution in [0.4, 0.5) is 5.69 Å². The SMILES string of the molecule is COC(=O)c1ccc(OCC(=O)N(CCC(N)=O)c2ccccc2OC)c(Br)c1. The van der Waals surface area contributed by atoms with Crippen molar-refractivity contribution in [1.82, 2.24) is 0 Å². The second-order valence-electron chi connectivity index (χ2n) is 5.86. The molecule has 0 aromatic heterocycles. The summed E-state index contributed by atoms with van der Waals surface area (Å²) in [4.78, 5) is 37.0. The number of halogens is 1. The van der Waals surface area contributed by atoms with Gasteiger partial charge in [-0.1, -0.05) is 12.1 Å². The van der Waals surface area contributed by atoms with Crippen LogP contribution in [-0.4, -0.2) is 45.2 Å². The molecular weight excluding hydrogens is 444 g/mol. The van der Waals surface area contributed by atoms with Gasteiger partial charge in [-0.3, -0.25) is 9.59 Å². The molecule has 2 amide bonds. The number of hydrogen-bond acceptors (Lipinski definition) is 6. The van der Waals surface area contributed by atoms with E-state index in [1.165, 1.54) is 31.3 Å². The molecule has 0 heterocycles. The van der Waals surface area contributed by atoms with E-state index in [0.717, 1.165) is 0 Å². The molecule has 0 saturated heterocycles. The molecule has 0 aliphatic rings. The summed E-state index contributed by atoms with van der Waals surface area (Å²) in [5, 5.41) is 0. The number of rotatable bonds is 9. The van der Waals surface area contributed by atoms with E-state index in [0.29, 0.717) is 27.2 Å². The predicted octanol–water partition coefficient (Wildman–Crippen LogP) is 2.53.